The van der Waals surface area contributed by atoms with Crippen molar-refractivity contribution in [1.29, 1.82) is 0 Å². The van der Waals surface area contributed by atoms with Crippen LogP contribution < -0.4 is 8.92 Å². The number of hydrogen-bond acceptors (Lipinski definition) is 5. The highest BCUT2D eigenvalue weighted by Crippen LogP contribution is 2.33. The summed E-state index contributed by atoms with van der Waals surface area (Å²) in [6.07, 6.45) is 0. The standard InChI is InChI=1S/C13H10F3NO4S/c1-20-12-8-4-6-10(17-12)9-5-2-3-7-11(9)21-22(18,19)13(14,15)16/h2-8H,1H3. The average molecular weight is 333 g/mol. The number of rotatable bonds is 4. The lowest BCUT2D eigenvalue weighted by Gasteiger charge is -2.12. The van der Waals surface area contributed by atoms with Gasteiger partial charge >= 0.3 is 15.6 Å². The Balaban J connectivity index is 2.48. The van der Waals surface area contributed by atoms with Gasteiger partial charge in [-0.3, -0.25) is 0 Å². The topological polar surface area (TPSA) is 65.5 Å². The molecule has 5 nitrogen and oxygen atoms in total. The molecule has 0 N–H and O–H groups in total. The summed E-state index contributed by atoms with van der Waals surface area (Å²) >= 11 is 0. The molecule has 0 atom stereocenters. The van der Waals surface area contributed by atoms with E-state index in [9.17, 15) is 21.6 Å². The fourth-order valence-electron chi connectivity index (χ4n) is 1.59. The quantitative estimate of drug-likeness (QED) is 0.636. The molecule has 0 unspecified atom stereocenters. The molecular formula is C13H10F3NO4S. The minimum atomic E-state index is -5.76. The molecule has 0 saturated heterocycles. The third-order valence-electron chi connectivity index (χ3n) is 2.58. The van der Waals surface area contributed by atoms with Gasteiger partial charge in [-0.1, -0.05) is 18.2 Å². The maximum Gasteiger partial charge on any atom is 0.534 e. The Hall–Kier alpha value is -2.29. The molecule has 1 aromatic heterocycles. The number of ether oxygens (including phenoxy) is 1. The van der Waals surface area contributed by atoms with Crippen LogP contribution in [0.2, 0.25) is 0 Å². The van der Waals surface area contributed by atoms with Crippen molar-refractivity contribution >= 4 is 10.1 Å². The van der Waals surface area contributed by atoms with Crippen molar-refractivity contribution in [3.8, 4) is 22.9 Å². The van der Waals surface area contributed by atoms with Crippen LogP contribution in [0, 0.1) is 0 Å². The van der Waals surface area contributed by atoms with Crippen molar-refractivity contribution in [3.05, 3.63) is 42.5 Å². The van der Waals surface area contributed by atoms with Crippen LogP contribution in [0.1, 0.15) is 0 Å². The van der Waals surface area contributed by atoms with Crippen molar-refractivity contribution in [3.63, 3.8) is 0 Å². The molecule has 0 spiro atoms. The third-order valence-corrected chi connectivity index (χ3v) is 3.54. The molecule has 0 saturated carbocycles. The molecule has 1 aromatic carbocycles. The van der Waals surface area contributed by atoms with Crippen LogP contribution in [-0.4, -0.2) is 26.0 Å². The van der Waals surface area contributed by atoms with Crippen molar-refractivity contribution in [2.75, 3.05) is 7.11 Å². The van der Waals surface area contributed by atoms with Gasteiger partial charge in [0.25, 0.3) is 0 Å². The SMILES string of the molecule is COc1cccc(-c2ccccc2OS(=O)(=O)C(F)(F)F)n1. The van der Waals surface area contributed by atoms with E-state index in [1.165, 1.54) is 31.4 Å². The van der Waals surface area contributed by atoms with Gasteiger partial charge in [0.15, 0.2) is 5.75 Å². The van der Waals surface area contributed by atoms with Crippen molar-refractivity contribution in [2.45, 2.75) is 5.51 Å². The smallest absolute Gasteiger partial charge is 0.481 e. The van der Waals surface area contributed by atoms with E-state index in [-0.39, 0.29) is 17.1 Å². The summed E-state index contributed by atoms with van der Waals surface area (Å²) in [5.41, 5.74) is -5.20. The van der Waals surface area contributed by atoms with Crippen molar-refractivity contribution in [1.82, 2.24) is 4.98 Å². The second-order valence-electron chi connectivity index (χ2n) is 4.04. The molecule has 0 fully saturated rings. The van der Waals surface area contributed by atoms with Crippen LogP contribution >= 0.6 is 0 Å². The number of pyridine rings is 1. The van der Waals surface area contributed by atoms with Crippen LogP contribution in [0.15, 0.2) is 42.5 Å². The molecule has 0 aliphatic carbocycles. The Morgan fingerprint density at radius 2 is 1.73 bits per heavy atom. The molecule has 0 amide bonds. The van der Waals surface area contributed by atoms with Crippen LogP contribution in [0.3, 0.4) is 0 Å². The van der Waals surface area contributed by atoms with E-state index in [0.29, 0.717) is 0 Å². The normalized spacial score (nSPS) is 12.0. The molecule has 2 aromatic rings. The number of halogens is 3. The molecule has 118 valence electrons. The van der Waals surface area contributed by atoms with Crippen LogP contribution in [0.25, 0.3) is 11.3 Å². The zero-order chi connectivity index (χ0) is 16.4. The minimum Gasteiger partial charge on any atom is -0.481 e. The van der Waals surface area contributed by atoms with Gasteiger partial charge in [-0.25, -0.2) is 4.98 Å². The Bertz CT molecular complexity index is 775. The van der Waals surface area contributed by atoms with Gasteiger partial charge in [-0.2, -0.15) is 21.6 Å². The second kappa shape index (κ2) is 5.84. The molecule has 22 heavy (non-hydrogen) atoms. The number of methoxy groups -OCH3 is 1. The Morgan fingerprint density at radius 1 is 1.05 bits per heavy atom. The van der Waals surface area contributed by atoms with E-state index < -0.39 is 21.4 Å². The highest BCUT2D eigenvalue weighted by molar-refractivity contribution is 7.88. The fourth-order valence-corrected chi connectivity index (χ4v) is 2.07. The van der Waals surface area contributed by atoms with Gasteiger partial charge in [0.05, 0.1) is 12.8 Å². The van der Waals surface area contributed by atoms with Crippen LogP contribution in [-0.2, 0) is 10.1 Å². The number of aromatic nitrogens is 1. The molecule has 0 bridgehead atoms. The molecule has 2 rings (SSSR count). The predicted octanol–water partition coefficient (Wildman–Crippen LogP) is 2.99. The lowest BCUT2D eigenvalue weighted by atomic mass is 10.1. The number of hydrogen-bond donors (Lipinski definition) is 0. The molecule has 0 radical (unpaired) electrons. The lowest BCUT2D eigenvalue weighted by Crippen LogP contribution is -2.28. The summed E-state index contributed by atoms with van der Waals surface area (Å²) in [6, 6.07) is 9.97. The summed E-state index contributed by atoms with van der Waals surface area (Å²) in [5, 5.41) is 0. The Morgan fingerprint density at radius 3 is 2.36 bits per heavy atom. The van der Waals surface area contributed by atoms with E-state index in [0.717, 1.165) is 6.07 Å². The first-order chi connectivity index (χ1) is 10.2. The Kier molecular flexibility index (Phi) is 4.27. The van der Waals surface area contributed by atoms with E-state index in [1.54, 1.807) is 12.1 Å². The minimum absolute atomic E-state index is 0.0919. The summed E-state index contributed by atoms with van der Waals surface area (Å²) in [6.45, 7) is 0. The third kappa shape index (κ3) is 3.30. The second-order valence-corrected chi connectivity index (χ2v) is 5.58. The number of para-hydroxylation sites is 1. The first-order valence-corrected chi connectivity index (χ1v) is 7.26. The summed E-state index contributed by atoms with van der Waals surface area (Å²) < 4.78 is 68.7. The fraction of sp³-hybridized carbons (Fsp3) is 0.154. The molecule has 0 aliphatic rings. The van der Waals surface area contributed by atoms with E-state index in [1.807, 2.05) is 0 Å². The molecule has 0 aliphatic heterocycles. The van der Waals surface area contributed by atoms with Gasteiger partial charge in [-0.15, -0.1) is 0 Å². The average Bonchev–Trinajstić information content (AvgIpc) is 2.46. The molecular weight excluding hydrogens is 323 g/mol. The van der Waals surface area contributed by atoms with Crippen molar-refractivity contribution < 1.29 is 30.5 Å². The van der Waals surface area contributed by atoms with E-state index in [2.05, 4.69) is 9.17 Å². The van der Waals surface area contributed by atoms with Gasteiger partial charge in [0.1, 0.15) is 0 Å². The number of nitrogens with zero attached hydrogens (tertiary/aromatic N) is 1. The summed E-state index contributed by atoms with van der Waals surface area (Å²) in [7, 11) is -4.38. The summed E-state index contributed by atoms with van der Waals surface area (Å²) in [5.74, 6) is -0.244. The summed E-state index contributed by atoms with van der Waals surface area (Å²) in [4.78, 5) is 4.04. The zero-order valence-electron chi connectivity index (χ0n) is 11.2. The highest BCUT2D eigenvalue weighted by Gasteiger charge is 2.48. The maximum absolute atomic E-state index is 12.4. The monoisotopic (exact) mass is 333 g/mol. The zero-order valence-corrected chi connectivity index (χ0v) is 12.0. The molecule has 1 heterocycles. The van der Waals surface area contributed by atoms with E-state index >= 15 is 0 Å². The predicted molar refractivity (Wildman–Crippen MR) is 71.8 cm³/mol. The van der Waals surface area contributed by atoms with Gasteiger partial charge in [0, 0.05) is 11.6 Å². The van der Waals surface area contributed by atoms with Gasteiger partial charge in [0.2, 0.25) is 5.88 Å². The Labute approximate surface area is 124 Å². The number of alkyl halides is 3. The van der Waals surface area contributed by atoms with Crippen LogP contribution in [0.4, 0.5) is 13.2 Å². The van der Waals surface area contributed by atoms with E-state index in [4.69, 9.17) is 4.74 Å². The largest absolute Gasteiger partial charge is 0.534 e. The van der Waals surface area contributed by atoms with Gasteiger partial charge < -0.3 is 8.92 Å². The highest BCUT2D eigenvalue weighted by atomic mass is 32.2. The first-order valence-electron chi connectivity index (χ1n) is 5.86. The van der Waals surface area contributed by atoms with Crippen molar-refractivity contribution in [2.24, 2.45) is 0 Å². The number of benzene rings is 1. The first kappa shape index (κ1) is 16.1. The molecule has 9 heteroatoms. The maximum atomic E-state index is 12.4. The van der Waals surface area contributed by atoms with Crippen LogP contribution in [0.5, 0.6) is 11.6 Å². The van der Waals surface area contributed by atoms with Gasteiger partial charge in [-0.05, 0) is 18.2 Å². The lowest BCUT2D eigenvalue weighted by molar-refractivity contribution is -0.0499.